The van der Waals surface area contributed by atoms with E-state index in [2.05, 4.69) is 94.9 Å². The van der Waals surface area contributed by atoms with Crippen LogP contribution in [0, 0.1) is 26.2 Å². The van der Waals surface area contributed by atoms with Gasteiger partial charge < -0.3 is 0 Å². The maximum atomic E-state index is 5.16. The second-order valence-electron chi connectivity index (χ2n) is 10.8. The van der Waals surface area contributed by atoms with Gasteiger partial charge in [-0.2, -0.15) is 0 Å². The summed E-state index contributed by atoms with van der Waals surface area (Å²) in [6, 6.07) is 16.0. The Hall–Kier alpha value is -2.74. The summed E-state index contributed by atoms with van der Waals surface area (Å²) in [6.45, 7) is 11.4. The van der Waals surface area contributed by atoms with Gasteiger partial charge in [-0.15, -0.1) is 0 Å². The third-order valence-corrected chi connectivity index (χ3v) is 7.83. The fraction of sp³-hybridized carbons (Fsp3) is 0.400. The lowest BCUT2D eigenvalue weighted by atomic mass is 9.72. The molecule has 1 aliphatic rings. The van der Waals surface area contributed by atoms with E-state index >= 15 is 0 Å². The summed E-state index contributed by atoms with van der Waals surface area (Å²) in [5.41, 5.74) is 9.50. The summed E-state index contributed by atoms with van der Waals surface area (Å²) in [4.78, 5) is 5.16. The van der Waals surface area contributed by atoms with Gasteiger partial charge in [0.15, 0.2) is 6.20 Å². The molecule has 2 heterocycles. The van der Waals surface area contributed by atoms with E-state index in [1.54, 1.807) is 0 Å². The maximum Gasteiger partial charge on any atom is 0.220 e. The van der Waals surface area contributed by atoms with Crippen molar-refractivity contribution < 1.29 is 4.57 Å². The third-order valence-electron chi connectivity index (χ3n) is 7.83. The van der Waals surface area contributed by atoms with E-state index in [4.69, 9.17) is 4.98 Å². The molecule has 1 saturated carbocycles. The predicted molar refractivity (Wildman–Crippen MR) is 135 cm³/mol. The minimum absolute atomic E-state index is 0.488. The minimum Gasteiger partial charge on any atom is -0.253 e. The van der Waals surface area contributed by atoms with Crippen LogP contribution in [-0.2, 0) is 7.05 Å². The molecule has 0 spiro atoms. The number of fused-ring (bicyclic) bond motifs is 3. The van der Waals surface area contributed by atoms with Crippen LogP contribution < -0.4 is 4.57 Å². The molecule has 0 N–H and O–H groups in total. The quantitative estimate of drug-likeness (QED) is 0.241. The third kappa shape index (κ3) is 3.60. The van der Waals surface area contributed by atoms with Crippen molar-refractivity contribution in [3.63, 3.8) is 0 Å². The second kappa shape index (κ2) is 7.69. The smallest absolute Gasteiger partial charge is 0.220 e. The molecule has 0 bridgehead atoms. The molecular formula is C30H35N2+. The largest absolute Gasteiger partial charge is 0.253 e. The Morgan fingerprint density at radius 3 is 2.34 bits per heavy atom. The topological polar surface area (TPSA) is 16.8 Å². The Bertz CT molecular complexity index is 1340. The van der Waals surface area contributed by atoms with Gasteiger partial charge in [0.25, 0.3) is 0 Å². The Kier molecular flexibility index (Phi) is 5.08. The average molecular weight is 424 g/mol. The van der Waals surface area contributed by atoms with E-state index in [1.165, 1.54) is 75.5 Å². The van der Waals surface area contributed by atoms with Gasteiger partial charge in [0.1, 0.15) is 7.05 Å². The van der Waals surface area contributed by atoms with E-state index in [1.807, 2.05) is 0 Å². The SMILES string of the molecule is Cc1cc(C)c(C)c(-c2c3ccc4nc(C5CCC(C)(C)CC5)ccc4c3cc[n+]2C)c1. The Morgan fingerprint density at radius 2 is 1.59 bits per heavy atom. The van der Waals surface area contributed by atoms with E-state index in [-0.39, 0.29) is 0 Å². The molecule has 4 aromatic rings. The van der Waals surface area contributed by atoms with Crippen molar-refractivity contribution in [3.05, 3.63) is 71.0 Å². The van der Waals surface area contributed by atoms with Gasteiger partial charge in [0.05, 0.1) is 16.5 Å². The van der Waals surface area contributed by atoms with Crippen molar-refractivity contribution in [2.75, 3.05) is 0 Å². The lowest BCUT2D eigenvalue weighted by molar-refractivity contribution is -0.659. The molecule has 0 saturated heterocycles. The van der Waals surface area contributed by atoms with Crippen molar-refractivity contribution in [1.29, 1.82) is 0 Å². The van der Waals surface area contributed by atoms with Crippen molar-refractivity contribution >= 4 is 21.7 Å². The van der Waals surface area contributed by atoms with Crippen LogP contribution in [0.5, 0.6) is 0 Å². The molecule has 0 radical (unpaired) electrons. The molecule has 0 unspecified atom stereocenters. The van der Waals surface area contributed by atoms with Gasteiger partial charge in [-0.05, 0) is 87.3 Å². The lowest BCUT2D eigenvalue weighted by Crippen LogP contribution is -2.30. The van der Waals surface area contributed by atoms with Crippen LogP contribution in [0.2, 0.25) is 0 Å². The summed E-state index contributed by atoms with van der Waals surface area (Å²) < 4.78 is 2.26. The molecule has 5 rings (SSSR count). The highest BCUT2D eigenvalue weighted by Gasteiger charge is 2.28. The molecule has 1 fully saturated rings. The van der Waals surface area contributed by atoms with Gasteiger partial charge in [-0.25, -0.2) is 4.57 Å². The molecular weight excluding hydrogens is 388 g/mol. The average Bonchev–Trinajstić information content (AvgIpc) is 2.76. The first-order valence-electron chi connectivity index (χ1n) is 12.0. The molecule has 0 atom stereocenters. The summed E-state index contributed by atoms with van der Waals surface area (Å²) in [5, 5.41) is 3.84. The number of aromatic nitrogens is 2. The summed E-state index contributed by atoms with van der Waals surface area (Å²) in [6.07, 6.45) is 7.30. The fourth-order valence-electron chi connectivity index (χ4n) is 5.62. The fourth-order valence-corrected chi connectivity index (χ4v) is 5.62. The van der Waals surface area contributed by atoms with Gasteiger partial charge >= 0.3 is 0 Å². The zero-order chi connectivity index (χ0) is 22.6. The van der Waals surface area contributed by atoms with Crippen molar-refractivity contribution in [3.8, 4) is 11.3 Å². The van der Waals surface area contributed by atoms with Crippen LogP contribution in [0.3, 0.4) is 0 Å². The number of rotatable bonds is 2. The number of aryl methyl sites for hydroxylation is 3. The van der Waals surface area contributed by atoms with E-state index < -0.39 is 0 Å². The molecule has 2 aromatic carbocycles. The normalized spacial score (nSPS) is 16.7. The zero-order valence-corrected chi connectivity index (χ0v) is 20.4. The first-order valence-corrected chi connectivity index (χ1v) is 12.0. The molecule has 1 aliphatic carbocycles. The molecule has 32 heavy (non-hydrogen) atoms. The number of benzene rings is 2. The Labute approximate surface area is 192 Å². The first kappa shape index (κ1) is 21.1. The van der Waals surface area contributed by atoms with Crippen LogP contribution in [-0.4, -0.2) is 4.98 Å². The highest BCUT2D eigenvalue weighted by molar-refractivity contribution is 6.09. The number of nitrogens with zero attached hydrogens (tertiary/aromatic N) is 2. The number of hydrogen-bond donors (Lipinski definition) is 0. The minimum atomic E-state index is 0.488. The van der Waals surface area contributed by atoms with E-state index in [9.17, 15) is 0 Å². The van der Waals surface area contributed by atoms with Crippen molar-refractivity contribution in [2.24, 2.45) is 12.5 Å². The van der Waals surface area contributed by atoms with E-state index in [0.29, 0.717) is 11.3 Å². The second-order valence-corrected chi connectivity index (χ2v) is 10.8. The van der Waals surface area contributed by atoms with Crippen LogP contribution >= 0.6 is 0 Å². The first-order chi connectivity index (χ1) is 15.2. The molecule has 2 nitrogen and oxygen atoms in total. The van der Waals surface area contributed by atoms with Crippen LogP contribution in [0.25, 0.3) is 32.9 Å². The Balaban J connectivity index is 1.65. The van der Waals surface area contributed by atoms with Crippen LogP contribution in [0.15, 0.2) is 48.7 Å². The van der Waals surface area contributed by atoms with Gasteiger partial charge in [0.2, 0.25) is 5.69 Å². The van der Waals surface area contributed by atoms with Gasteiger partial charge in [-0.1, -0.05) is 31.5 Å². The summed E-state index contributed by atoms with van der Waals surface area (Å²) in [7, 11) is 2.15. The number of pyridine rings is 2. The molecule has 2 heteroatoms. The monoisotopic (exact) mass is 423 g/mol. The van der Waals surface area contributed by atoms with Crippen LogP contribution in [0.4, 0.5) is 0 Å². The summed E-state index contributed by atoms with van der Waals surface area (Å²) in [5.74, 6) is 0.602. The zero-order valence-electron chi connectivity index (χ0n) is 20.4. The predicted octanol–water partition coefficient (Wildman–Crippen LogP) is 7.49. The molecule has 0 amide bonds. The van der Waals surface area contributed by atoms with Crippen LogP contribution in [0.1, 0.15) is 67.8 Å². The van der Waals surface area contributed by atoms with Crippen molar-refractivity contribution in [2.45, 2.75) is 66.2 Å². The molecule has 0 aliphatic heterocycles. The molecule has 2 aromatic heterocycles. The molecule has 164 valence electrons. The van der Waals surface area contributed by atoms with Gasteiger partial charge in [0, 0.05) is 28.5 Å². The summed E-state index contributed by atoms with van der Waals surface area (Å²) >= 11 is 0. The highest BCUT2D eigenvalue weighted by Crippen LogP contribution is 2.42. The van der Waals surface area contributed by atoms with E-state index in [0.717, 1.165) is 5.52 Å². The lowest BCUT2D eigenvalue weighted by Gasteiger charge is -2.34. The highest BCUT2D eigenvalue weighted by atomic mass is 14.9. The Morgan fingerprint density at radius 1 is 0.875 bits per heavy atom. The van der Waals surface area contributed by atoms with Crippen molar-refractivity contribution in [1.82, 2.24) is 4.98 Å². The number of hydrogen-bond acceptors (Lipinski definition) is 1. The standard InChI is InChI=1S/C30H35N2/c1-19-17-20(2)21(3)26(18-19)29-25-8-10-28-24(23(25)13-16-32(29)6)7-9-27(31-28)22-11-14-30(4,5)15-12-22/h7-10,13,16-18,22H,11-12,14-15H2,1-6H3/q+1. The van der Waals surface area contributed by atoms with Gasteiger partial charge in [-0.3, -0.25) is 4.98 Å². The maximum absolute atomic E-state index is 5.16.